The summed E-state index contributed by atoms with van der Waals surface area (Å²) in [5.41, 5.74) is 0. The largest absolute Gasteiger partial charge is 0.325 e. The molecule has 0 aliphatic rings. The second-order valence-electron chi connectivity index (χ2n) is 4.67. The predicted octanol–water partition coefficient (Wildman–Crippen LogP) is 3.71. The standard InChI is InChI=1S/C16H12ClN3O2S/c17-14-10-13(23(21,22)12-6-2-1-3-7-12)11-16(19-14)20-15-8-4-5-9-18-15/h1-11H,(H,18,19,20). The average molecular weight is 346 g/mol. The molecule has 23 heavy (non-hydrogen) atoms. The Balaban J connectivity index is 2.01. The lowest BCUT2D eigenvalue weighted by Gasteiger charge is -2.09. The third kappa shape index (κ3) is 3.49. The Kier molecular flexibility index (Phi) is 4.27. The van der Waals surface area contributed by atoms with Gasteiger partial charge in [-0.3, -0.25) is 0 Å². The summed E-state index contributed by atoms with van der Waals surface area (Å²) in [4.78, 5) is 8.47. The number of rotatable bonds is 4. The smallest absolute Gasteiger partial charge is 0.206 e. The molecule has 3 aromatic rings. The summed E-state index contributed by atoms with van der Waals surface area (Å²) < 4.78 is 25.3. The molecule has 0 aliphatic heterocycles. The highest BCUT2D eigenvalue weighted by atomic mass is 35.5. The van der Waals surface area contributed by atoms with Gasteiger partial charge in [-0.2, -0.15) is 0 Å². The predicted molar refractivity (Wildman–Crippen MR) is 88.7 cm³/mol. The number of sulfone groups is 1. The molecule has 0 atom stereocenters. The second kappa shape index (κ2) is 6.36. The van der Waals surface area contributed by atoms with E-state index in [0.717, 1.165) is 0 Å². The van der Waals surface area contributed by atoms with Crippen molar-refractivity contribution < 1.29 is 8.42 Å². The molecular formula is C16H12ClN3O2S. The maximum absolute atomic E-state index is 12.7. The zero-order valence-electron chi connectivity index (χ0n) is 11.8. The van der Waals surface area contributed by atoms with Gasteiger partial charge >= 0.3 is 0 Å². The number of nitrogens with zero attached hydrogens (tertiary/aromatic N) is 2. The minimum Gasteiger partial charge on any atom is -0.325 e. The fourth-order valence-corrected chi connectivity index (χ4v) is 3.59. The molecule has 0 radical (unpaired) electrons. The van der Waals surface area contributed by atoms with Crippen molar-refractivity contribution in [1.29, 1.82) is 0 Å². The minimum atomic E-state index is -3.66. The van der Waals surface area contributed by atoms with Crippen molar-refractivity contribution in [2.75, 3.05) is 5.32 Å². The van der Waals surface area contributed by atoms with Gasteiger partial charge in [0.25, 0.3) is 0 Å². The highest BCUT2D eigenvalue weighted by Gasteiger charge is 2.19. The summed E-state index contributed by atoms with van der Waals surface area (Å²) in [5, 5.41) is 3.02. The van der Waals surface area contributed by atoms with Crippen LogP contribution in [0.3, 0.4) is 0 Å². The minimum absolute atomic E-state index is 0.0714. The van der Waals surface area contributed by atoms with Crippen molar-refractivity contribution in [3.8, 4) is 0 Å². The summed E-state index contributed by atoms with van der Waals surface area (Å²) in [5.74, 6) is 0.857. The number of halogens is 1. The van der Waals surface area contributed by atoms with Crippen molar-refractivity contribution in [2.24, 2.45) is 0 Å². The molecule has 0 aliphatic carbocycles. The Labute approximate surface area is 138 Å². The van der Waals surface area contributed by atoms with Crippen LogP contribution < -0.4 is 5.32 Å². The molecule has 3 rings (SSSR count). The maximum atomic E-state index is 12.7. The summed E-state index contributed by atoms with van der Waals surface area (Å²) in [6.45, 7) is 0. The number of hydrogen-bond acceptors (Lipinski definition) is 5. The van der Waals surface area contributed by atoms with Crippen molar-refractivity contribution in [1.82, 2.24) is 9.97 Å². The van der Waals surface area contributed by atoms with E-state index >= 15 is 0 Å². The molecule has 0 fully saturated rings. The number of hydrogen-bond donors (Lipinski definition) is 1. The summed E-state index contributed by atoms with van der Waals surface area (Å²) in [6, 6.07) is 16.3. The first-order valence-electron chi connectivity index (χ1n) is 6.71. The van der Waals surface area contributed by atoms with E-state index in [1.165, 1.54) is 24.3 Å². The van der Waals surface area contributed by atoms with E-state index in [1.807, 2.05) is 6.07 Å². The van der Waals surface area contributed by atoms with Gasteiger partial charge in [0.15, 0.2) is 0 Å². The Morgan fingerprint density at radius 2 is 1.61 bits per heavy atom. The topological polar surface area (TPSA) is 72.0 Å². The monoisotopic (exact) mass is 345 g/mol. The first-order valence-corrected chi connectivity index (χ1v) is 8.57. The third-order valence-electron chi connectivity index (χ3n) is 3.05. The SMILES string of the molecule is O=S(=O)(c1ccccc1)c1cc(Cl)nc(Nc2ccccn2)c1. The van der Waals surface area contributed by atoms with Crippen molar-refractivity contribution in [3.05, 3.63) is 72.0 Å². The molecule has 2 heterocycles. The van der Waals surface area contributed by atoms with Crippen LogP contribution in [0.15, 0.2) is 76.7 Å². The van der Waals surface area contributed by atoms with E-state index in [-0.39, 0.29) is 14.9 Å². The van der Waals surface area contributed by atoms with Crippen molar-refractivity contribution in [3.63, 3.8) is 0 Å². The first kappa shape index (κ1) is 15.5. The second-order valence-corrected chi connectivity index (χ2v) is 7.00. The highest BCUT2D eigenvalue weighted by molar-refractivity contribution is 7.91. The molecule has 0 saturated heterocycles. The Morgan fingerprint density at radius 1 is 0.870 bits per heavy atom. The van der Waals surface area contributed by atoms with Gasteiger partial charge in [-0.15, -0.1) is 0 Å². The van der Waals surface area contributed by atoms with Gasteiger partial charge in [-0.1, -0.05) is 35.9 Å². The number of benzene rings is 1. The molecule has 0 unspecified atom stereocenters. The zero-order chi connectivity index (χ0) is 16.3. The molecule has 116 valence electrons. The molecule has 1 aromatic carbocycles. The van der Waals surface area contributed by atoms with E-state index < -0.39 is 9.84 Å². The normalized spacial score (nSPS) is 11.2. The molecular weight excluding hydrogens is 334 g/mol. The molecule has 0 saturated carbocycles. The van der Waals surface area contributed by atoms with Crippen LogP contribution >= 0.6 is 11.6 Å². The van der Waals surface area contributed by atoms with Crippen molar-refractivity contribution in [2.45, 2.75) is 9.79 Å². The number of pyridine rings is 2. The van der Waals surface area contributed by atoms with Crippen LogP contribution in [0.5, 0.6) is 0 Å². The average Bonchev–Trinajstić information content (AvgIpc) is 2.56. The lowest BCUT2D eigenvalue weighted by Crippen LogP contribution is -2.04. The molecule has 0 bridgehead atoms. The van der Waals surface area contributed by atoms with E-state index in [0.29, 0.717) is 11.6 Å². The fraction of sp³-hybridized carbons (Fsp3) is 0. The van der Waals surface area contributed by atoms with E-state index in [1.54, 1.807) is 36.5 Å². The van der Waals surface area contributed by atoms with Gasteiger partial charge < -0.3 is 5.32 Å². The molecule has 0 amide bonds. The molecule has 0 spiro atoms. The van der Waals surface area contributed by atoms with Crippen LogP contribution in [0.25, 0.3) is 0 Å². The van der Waals surface area contributed by atoms with Crippen LogP contribution in [0.4, 0.5) is 11.6 Å². The van der Waals surface area contributed by atoms with Crippen LogP contribution in [-0.4, -0.2) is 18.4 Å². The molecule has 5 nitrogen and oxygen atoms in total. The Bertz CT molecular complexity index is 917. The van der Waals surface area contributed by atoms with Crippen LogP contribution in [-0.2, 0) is 9.84 Å². The van der Waals surface area contributed by atoms with Crippen LogP contribution in [0, 0.1) is 0 Å². The molecule has 7 heteroatoms. The molecule has 1 N–H and O–H groups in total. The summed E-state index contributed by atoms with van der Waals surface area (Å²) in [7, 11) is -3.66. The Morgan fingerprint density at radius 3 is 2.30 bits per heavy atom. The van der Waals surface area contributed by atoms with Gasteiger partial charge in [0.2, 0.25) is 9.84 Å². The maximum Gasteiger partial charge on any atom is 0.206 e. The lowest BCUT2D eigenvalue weighted by molar-refractivity contribution is 0.596. The molecule has 2 aromatic heterocycles. The lowest BCUT2D eigenvalue weighted by atomic mass is 10.4. The van der Waals surface area contributed by atoms with E-state index in [4.69, 9.17) is 11.6 Å². The quantitative estimate of drug-likeness (QED) is 0.730. The van der Waals surface area contributed by atoms with E-state index in [9.17, 15) is 8.42 Å². The van der Waals surface area contributed by atoms with Crippen LogP contribution in [0.1, 0.15) is 0 Å². The summed E-state index contributed by atoms with van der Waals surface area (Å²) >= 11 is 5.97. The van der Waals surface area contributed by atoms with Gasteiger partial charge in [0.1, 0.15) is 16.8 Å². The third-order valence-corrected chi connectivity index (χ3v) is 5.00. The van der Waals surface area contributed by atoms with Gasteiger partial charge in [-0.05, 0) is 36.4 Å². The fourth-order valence-electron chi connectivity index (χ4n) is 2.00. The first-order chi connectivity index (χ1) is 11.1. The number of aromatic nitrogens is 2. The highest BCUT2D eigenvalue weighted by Crippen LogP contribution is 2.26. The Hall–Kier alpha value is -2.44. The summed E-state index contributed by atoms with van der Waals surface area (Å²) in [6.07, 6.45) is 1.62. The van der Waals surface area contributed by atoms with Crippen LogP contribution in [0.2, 0.25) is 5.15 Å². The van der Waals surface area contributed by atoms with Gasteiger partial charge in [-0.25, -0.2) is 18.4 Å². The zero-order valence-corrected chi connectivity index (χ0v) is 13.4. The van der Waals surface area contributed by atoms with E-state index in [2.05, 4.69) is 15.3 Å². The number of nitrogens with one attached hydrogen (secondary N) is 1. The van der Waals surface area contributed by atoms with Gasteiger partial charge in [0.05, 0.1) is 9.79 Å². The van der Waals surface area contributed by atoms with Gasteiger partial charge in [0, 0.05) is 6.20 Å². The van der Waals surface area contributed by atoms with Crippen molar-refractivity contribution >= 4 is 33.1 Å². The number of anilines is 2.